The van der Waals surface area contributed by atoms with Gasteiger partial charge in [-0.1, -0.05) is 12.8 Å². The van der Waals surface area contributed by atoms with E-state index in [9.17, 15) is 9.18 Å². The third kappa shape index (κ3) is 4.23. The Morgan fingerprint density at radius 2 is 1.97 bits per heavy atom. The topological polar surface area (TPSA) is 145 Å². The Hall–Kier alpha value is -3.53. The van der Waals surface area contributed by atoms with Crippen LogP contribution in [0, 0.1) is 5.82 Å². The first-order valence-corrected chi connectivity index (χ1v) is 9.64. The van der Waals surface area contributed by atoms with Crippen LogP contribution in [0.15, 0.2) is 41.5 Å². The van der Waals surface area contributed by atoms with Crippen molar-refractivity contribution in [2.24, 2.45) is 11.5 Å². The number of rotatable bonds is 6. The Kier molecular flexibility index (Phi) is 5.57. The number of nitrogens with one attached hydrogen (secondary N) is 2. The molecule has 1 aliphatic rings. The molecule has 6 N–H and O–H groups in total. The van der Waals surface area contributed by atoms with Crippen molar-refractivity contribution in [1.29, 1.82) is 0 Å². The number of halogens is 1. The lowest BCUT2D eigenvalue weighted by molar-refractivity contribution is 0.100. The highest BCUT2D eigenvalue weighted by molar-refractivity contribution is 5.98. The number of hydrogen-bond donors (Lipinski definition) is 4. The van der Waals surface area contributed by atoms with Crippen LogP contribution >= 0.6 is 0 Å². The number of primary amides is 1. The van der Waals surface area contributed by atoms with E-state index in [0.29, 0.717) is 17.0 Å². The van der Waals surface area contributed by atoms with Crippen molar-refractivity contribution in [3.05, 3.63) is 48.5 Å². The fraction of sp³-hybridized carbons (Fsp3) is 0.300. The minimum atomic E-state index is -0.802. The molecule has 0 radical (unpaired) electrons. The molecular formula is C20H22FN7O2. The molecule has 3 aromatic heterocycles. The minimum Gasteiger partial charge on any atom is -0.443 e. The second kappa shape index (κ2) is 8.46. The number of nitrogens with zero attached hydrogens (tertiary/aromatic N) is 3. The van der Waals surface area contributed by atoms with Crippen LogP contribution in [0.2, 0.25) is 0 Å². The minimum absolute atomic E-state index is 0.0178. The summed E-state index contributed by atoms with van der Waals surface area (Å²) in [6.07, 6.45) is 9.78. The Morgan fingerprint density at radius 1 is 1.13 bits per heavy atom. The van der Waals surface area contributed by atoms with Gasteiger partial charge in [-0.25, -0.2) is 14.4 Å². The first kappa shape index (κ1) is 19.8. The summed E-state index contributed by atoms with van der Waals surface area (Å²) < 4.78 is 19.9. The lowest BCUT2D eigenvalue weighted by Crippen LogP contribution is -2.43. The van der Waals surface area contributed by atoms with E-state index in [1.54, 1.807) is 24.7 Å². The van der Waals surface area contributed by atoms with Crippen molar-refractivity contribution in [3.63, 3.8) is 0 Å². The number of carbonyl (C=O) groups excluding carboxylic acids is 1. The van der Waals surface area contributed by atoms with Gasteiger partial charge in [0.05, 0.1) is 23.6 Å². The third-order valence-corrected chi connectivity index (χ3v) is 5.10. The molecule has 30 heavy (non-hydrogen) atoms. The molecule has 1 fully saturated rings. The fourth-order valence-electron chi connectivity index (χ4n) is 3.53. The molecule has 0 aliphatic heterocycles. The van der Waals surface area contributed by atoms with Gasteiger partial charge in [-0.2, -0.15) is 0 Å². The van der Waals surface area contributed by atoms with E-state index >= 15 is 0 Å². The molecule has 3 heterocycles. The zero-order valence-corrected chi connectivity index (χ0v) is 16.1. The van der Waals surface area contributed by atoms with Crippen molar-refractivity contribution in [2.75, 3.05) is 10.6 Å². The average Bonchev–Trinajstić information content (AvgIpc) is 3.27. The summed E-state index contributed by atoms with van der Waals surface area (Å²) in [5.74, 6) is -0.802. The predicted octanol–water partition coefficient (Wildman–Crippen LogP) is 2.80. The van der Waals surface area contributed by atoms with Crippen molar-refractivity contribution in [2.45, 2.75) is 37.8 Å². The van der Waals surface area contributed by atoms with Crippen LogP contribution in [-0.4, -0.2) is 32.9 Å². The van der Waals surface area contributed by atoms with Gasteiger partial charge in [0.25, 0.3) is 5.91 Å². The van der Waals surface area contributed by atoms with E-state index in [2.05, 4.69) is 25.6 Å². The molecule has 0 aromatic carbocycles. The summed E-state index contributed by atoms with van der Waals surface area (Å²) in [7, 11) is 0. The van der Waals surface area contributed by atoms with E-state index in [4.69, 9.17) is 15.9 Å². The van der Waals surface area contributed by atoms with Crippen molar-refractivity contribution >= 4 is 23.2 Å². The van der Waals surface area contributed by atoms with Crippen LogP contribution < -0.4 is 22.1 Å². The van der Waals surface area contributed by atoms with Gasteiger partial charge in [0.2, 0.25) is 0 Å². The second-order valence-corrected chi connectivity index (χ2v) is 7.23. The molecule has 3 aromatic rings. The Bertz CT molecular complexity index is 1040. The number of carbonyl (C=O) groups is 1. The zero-order chi connectivity index (χ0) is 21.1. The van der Waals surface area contributed by atoms with Gasteiger partial charge in [-0.3, -0.25) is 9.78 Å². The highest BCUT2D eigenvalue weighted by atomic mass is 19.1. The third-order valence-electron chi connectivity index (χ3n) is 5.10. The standard InChI is InChI=1S/C20H22FN7O2/c21-14-6-13(18(23)29)19(28-20(14)27-16-4-2-1-3-15(16)22)26-12-5-11(7-24-8-12)17-9-25-10-30-17/h5-10,15-16H,1-4,22H2,(H2,23,29)(H2,26,27,28)/t15?,16-/m1/s1. The van der Waals surface area contributed by atoms with Gasteiger partial charge in [0.15, 0.2) is 23.8 Å². The molecule has 1 saturated carbocycles. The quantitative estimate of drug-likeness (QED) is 0.484. The van der Waals surface area contributed by atoms with Gasteiger partial charge in [0.1, 0.15) is 5.82 Å². The molecular weight excluding hydrogens is 389 g/mol. The summed E-state index contributed by atoms with van der Waals surface area (Å²) in [6.45, 7) is 0. The van der Waals surface area contributed by atoms with Crippen LogP contribution in [0.1, 0.15) is 36.0 Å². The molecule has 10 heteroatoms. The summed E-state index contributed by atoms with van der Waals surface area (Å²) >= 11 is 0. The van der Waals surface area contributed by atoms with Crippen LogP contribution in [-0.2, 0) is 0 Å². The molecule has 156 valence electrons. The lowest BCUT2D eigenvalue weighted by Gasteiger charge is -2.30. The summed E-state index contributed by atoms with van der Waals surface area (Å²) in [5, 5.41) is 6.08. The predicted molar refractivity (Wildman–Crippen MR) is 110 cm³/mol. The molecule has 1 amide bonds. The van der Waals surface area contributed by atoms with Gasteiger partial charge in [-0.15, -0.1) is 0 Å². The molecule has 1 aliphatic carbocycles. The summed E-state index contributed by atoms with van der Waals surface area (Å²) in [4.78, 5) is 24.2. The number of nitrogens with two attached hydrogens (primary N) is 2. The first-order chi connectivity index (χ1) is 14.5. The van der Waals surface area contributed by atoms with E-state index in [1.807, 2.05) is 0 Å². The lowest BCUT2D eigenvalue weighted by atomic mass is 9.91. The number of anilines is 3. The van der Waals surface area contributed by atoms with Crippen LogP contribution in [0.3, 0.4) is 0 Å². The Balaban J connectivity index is 1.64. The van der Waals surface area contributed by atoms with Crippen LogP contribution in [0.5, 0.6) is 0 Å². The number of hydrogen-bond acceptors (Lipinski definition) is 8. The number of aromatic nitrogens is 3. The molecule has 2 atom stereocenters. The highest BCUT2D eigenvalue weighted by Crippen LogP contribution is 2.28. The first-order valence-electron chi connectivity index (χ1n) is 9.64. The normalized spacial score (nSPS) is 18.7. The van der Waals surface area contributed by atoms with Crippen molar-refractivity contribution in [1.82, 2.24) is 15.0 Å². The maximum atomic E-state index is 14.6. The maximum absolute atomic E-state index is 14.6. The number of oxazole rings is 1. The maximum Gasteiger partial charge on any atom is 0.252 e. The van der Waals surface area contributed by atoms with Crippen molar-refractivity contribution in [3.8, 4) is 11.3 Å². The molecule has 0 saturated heterocycles. The number of pyridine rings is 2. The van der Waals surface area contributed by atoms with Crippen LogP contribution in [0.25, 0.3) is 11.3 Å². The molecule has 1 unspecified atom stereocenters. The van der Waals surface area contributed by atoms with E-state index in [1.165, 1.54) is 6.39 Å². The van der Waals surface area contributed by atoms with E-state index in [-0.39, 0.29) is 29.3 Å². The SMILES string of the molecule is NC(=O)c1cc(F)c(N[C@@H]2CCCCC2N)nc1Nc1cncc(-c2cnco2)c1. The van der Waals surface area contributed by atoms with E-state index in [0.717, 1.165) is 31.7 Å². The molecule has 4 rings (SSSR count). The number of amides is 1. The highest BCUT2D eigenvalue weighted by Gasteiger charge is 2.24. The Morgan fingerprint density at radius 3 is 2.70 bits per heavy atom. The van der Waals surface area contributed by atoms with Crippen LogP contribution in [0.4, 0.5) is 21.7 Å². The molecule has 9 nitrogen and oxygen atoms in total. The van der Waals surface area contributed by atoms with Gasteiger partial charge >= 0.3 is 0 Å². The Labute approximate surface area is 172 Å². The zero-order valence-electron chi connectivity index (χ0n) is 16.1. The average molecular weight is 411 g/mol. The smallest absolute Gasteiger partial charge is 0.252 e. The summed E-state index contributed by atoms with van der Waals surface area (Å²) in [5.41, 5.74) is 12.7. The monoisotopic (exact) mass is 411 g/mol. The summed E-state index contributed by atoms with van der Waals surface area (Å²) in [6, 6.07) is 2.63. The van der Waals surface area contributed by atoms with Gasteiger partial charge < -0.3 is 26.5 Å². The second-order valence-electron chi connectivity index (χ2n) is 7.23. The fourth-order valence-corrected chi connectivity index (χ4v) is 3.53. The molecule has 0 spiro atoms. The van der Waals surface area contributed by atoms with Gasteiger partial charge in [0, 0.05) is 23.8 Å². The van der Waals surface area contributed by atoms with Crippen molar-refractivity contribution < 1.29 is 13.6 Å². The van der Waals surface area contributed by atoms with Gasteiger partial charge in [-0.05, 0) is 25.0 Å². The van der Waals surface area contributed by atoms with E-state index < -0.39 is 11.7 Å². The molecule has 0 bridgehead atoms. The largest absolute Gasteiger partial charge is 0.443 e.